The zero-order valence-electron chi connectivity index (χ0n) is 10.4. The van der Waals surface area contributed by atoms with Gasteiger partial charge in [0.2, 0.25) is 0 Å². The van der Waals surface area contributed by atoms with Crippen LogP contribution in [0.3, 0.4) is 0 Å². The first-order valence-corrected chi connectivity index (χ1v) is 6.10. The van der Waals surface area contributed by atoms with E-state index in [1.165, 1.54) is 12.2 Å². The maximum atomic E-state index is 10.2. The molecule has 0 spiro atoms. The normalized spacial score (nSPS) is 34.4. The Morgan fingerprint density at radius 1 is 1.05 bits per heavy atom. The van der Waals surface area contributed by atoms with Crippen molar-refractivity contribution in [2.45, 2.75) is 30.5 Å². The highest BCUT2D eigenvalue weighted by Gasteiger charge is 2.47. The lowest BCUT2D eigenvalue weighted by Gasteiger charge is -2.39. The van der Waals surface area contributed by atoms with Crippen LogP contribution in [0.25, 0.3) is 0 Å². The molecule has 0 aliphatic heterocycles. The molecule has 1 aliphatic rings. The first-order chi connectivity index (χ1) is 9.04. The van der Waals surface area contributed by atoms with Crippen molar-refractivity contribution in [1.29, 1.82) is 0 Å². The molecule has 0 saturated heterocycles. The van der Waals surface area contributed by atoms with Crippen LogP contribution in [0.2, 0.25) is 0 Å². The smallest absolute Gasteiger partial charge is 0.146 e. The van der Waals surface area contributed by atoms with E-state index in [1.54, 1.807) is 0 Å². The van der Waals surface area contributed by atoms with Crippen molar-refractivity contribution in [2.75, 3.05) is 6.61 Å². The summed E-state index contributed by atoms with van der Waals surface area (Å²) in [6.45, 7) is -0.0198. The quantitative estimate of drug-likeness (QED) is 0.556. The first-order valence-electron chi connectivity index (χ1n) is 6.10. The molecule has 104 valence electrons. The molecule has 5 nitrogen and oxygen atoms in total. The van der Waals surface area contributed by atoms with E-state index in [-0.39, 0.29) is 13.2 Å². The Morgan fingerprint density at radius 2 is 1.74 bits per heavy atom. The minimum absolute atomic E-state index is 0.252. The summed E-state index contributed by atoms with van der Waals surface area (Å²) in [5.41, 5.74) is -0.981. The zero-order chi connectivity index (χ0) is 13.9. The topological polar surface area (TPSA) is 90.2 Å². The van der Waals surface area contributed by atoms with E-state index in [4.69, 9.17) is 4.74 Å². The Hall–Kier alpha value is -1.24. The summed E-state index contributed by atoms with van der Waals surface area (Å²) in [5, 5.41) is 39.2. The third kappa shape index (κ3) is 3.02. The van der Waals surface area contributed by atoms with E-state index < -0.39 is 23.9 Å². The number of benzene rings is 1. The van der Waals surface area contributed by atoms with Gasteiger partial charge in [0.1, 0.15) is 23.9 Å². The van der Waals surface area contributed by atoms with E-state index in [1.807, 2.05) is 30.3 Å². The van der Waals surface area contributed by atoms with Crippen LogP contribution in [-0.2, 0) is 11.3 Å². The molecule has 0 bridgehead atoms. The molecule has 0 saturated carbocycles. The van der Waals surface area contributed by atoms with Crippen molar-refractivity contribution in [3.05, 3.63) is 48.0 Å². The second-order valence-corrected chi connectivity index (χ2v) is 4.73. The van der Waals surface area contributed by atoms with Crippen molar-refractivity contribution in [3.8, 4) is 0 Å². The molecule has 1 aromatic carbocycles. The molecule has 0 aromatic heterocycles. The first kappa shape index (κ1) is 14.2. The zero-order valence-corrected chi connectivity index (χ0v) is 10.4. The van der Waals surface area contributed by atoms with Crippen LogP contribution in [0.5, 0.6) is 0 Å². The van der Waals surface area contributed by atoms with Gasteiger partial charge >= 0.3 is 0 Å². The fourth-order valence-electron chi connectivity index (χ4n) is 2.04. The molecule has 5 heteroatoms. The highest BCUT2D eigenvalue weighted by Crippen LogP contribution is 2.25. The summed E-state index contributed by atoms with van der Waals surface area (Å²) in [7, 11) is 0. The van der Waals surface area contributed by atoms with E-state index in [2.05, 4.69) is 0 Å². The number of ether oxygens (including phenoxy) is 1. The predicted octanol–water partition coefficient (Wildman–Crippen LogP) is -0.413. The van der Waals surface area contributed by atoms with E-state index in [0.29, 0.717) is 0 Å². The molecular weight excluding hydrogens is 248 g/mol. The van der Waals surface area contributed by atoms with E-state index in [0.717, 1.165) is 5.56 Å². The monoisotopic (exact) mass is 266 g/mol. The number of hydrogen-bond donors (Lipinski definition) is 4. The lowest BCUT2D eigenvalue weighted by Crippen LogP contribution is -2.60. The number of rotatable bonds is 4. The molecule has 4 unspecified atom stereocenters. The van der Waals surface area contributed by atoms with Crippen LogP contribution in [0.4, 0.5) is 0 Å². The van der Waals surface area contributed by atoms with Gasteiger partial charge in [0, 0.05) is 0 Å². The maximum Gasteiger partial charge on any atom is 0.146 e. The number of aliphatic hydroxyl groups is 4. The van der Waals surface area contributed by atoms with Crippen LogP contribution < -0.4 is 0 Å². The Labute approximate surface area is 111 Å². The third-order valence-electron chi connectivity index (χ3n) is 3.28. The van der Waals surface area contributed by atoms with Crippen LogP contribution in [0.1, 0.15) is 5.56 Å². The molecule has 19 heavy (non-hydrogen) atoms. The maximum absolute atomic E-state index is 10.2. The molecule has 2 rings (SSSR count). The molecule has 0 fully saturated rings. The molecule has 0 radical (unpaired) electrons. The molecule has 0 amide bonds. The Balaban J connectivity index is 1.96. The SMILES string of the molecule is OC1C=CC(O)C(O)(COCc2ccccc2)C1O. The van der Waals surface area contributed by atoms with Gasteiger partial charge in [-0.2, -0.15) is 0 Å². The van der Waals surface area contributed by atoms with Crippen LogP contribution in [0.15, 0.2) is 42.5 Å². The second kappa shape index (κ2) is 5.81. The van der Waals surface area contributed by atoms with Crippen LogP contribution in [-0.4, -0.2) is 50.9 Å². The third-order valence-corrected chi connectivity index (χ3v) is 3.28. The van der Waals surface area contributed by atoms with Gasteiger partial charge < -0.3 is 25.2 Å². The molecule has 0 heterocycles. The molecular formula is C14H18O5. The van der Waals surface area contributed by atoms with Crippen molar-refractivity contribution in [3.63, 3.8) is 0 Å². The van der Waals surface area contributed by atoms with Crippen molar-refractivity contribution >= 4 is 0 Å². The lowest BCUT2D eigenvalue weighted by atomic mass is 9.83. The Kier molecular flexibility index (Phi) is 4.34. The summed E-state index contributed by atoms with van der Waals surface area (Å²) in [6, 6.07) is 9.35. The molecule has 4 N–H and O–H groups in total. The summed E-state index contributed by atoms with van der Waals surface area (Å²) < 4.78 is 5.34. The van der Waals surface area contributed by atoms with Gasteiger partial charge in [-0.15, -0.1) is 0 Å². The molecule has 1 aliphatic carbocycles. The highest BCUT2D eigenvalue weighted by atomic mass is 16.5. The van der Waals surface area contributed by atoms with Gasteiger partial charge in [-0.3, -0.25) is 0 Å². The average molecular weight is 266 g/mol. The van der Waals surface area contributed by atoms with Gasteiger partial charge in [0.15, 0.2) is 0 Å². The van der Waals surface area contributed by atoms with Crippen molar-refractivity contribution < 1.29 is 25.2 Å². The minimum atomic E-state index is -1.90. The largest absolute Gasteiger partial charge is 0.387 e. The highest BCUT2D eigenvalue weighted by molar-refractivity contribution is 5.16. The summed E-state index contributed by atoms with van der Waals surface area (Å²) in [6.07, 6.45) is -1.47. The van der Waals surface area contributed by atoms with Crippen molar-refractivity contribution in [2.24, 2.45) is 0 Å². The standard InChI is InChI=1S/C14H18O5/c15-11-6-7-12(16)14(18,13(11)17)9-19-8-10-4-2-1-3-5-10/h1-7,11-13,15-18H,8-9H2. The summed E-state index contributed by atoms with van der Waals surface area (Å²) in [5.74, 6) is 0. The summed E-state index contributed by atoms with van der Waals surface area (Å²) in [4.78, 5) is 0. The van der Waals surface area contributed by atoms with Gasteiger partial charge in [-0.25, -0.2) is 0 Å². The van der Waals surface area contributed by atoms with Crippen LogP contribution in [0, 0.1) is 0 Å². The Morgan fingerprint density at radius 3 is 2.42 bits per heavy atom. The fourth-order valence-corrected chi connectivity index (χ4v) is 2.04. The predicted molar refractivity (Wildman–Crippen MR) is 68.2 cm³/mol. The lowest BCUT2D eigenvalue weighted by molar-refractivity contribution is -0.192. The summed E-state index contributed by atoms with van der Waals surface area (Å²) >= 11 is 0. The van der Waals surface area contributed by atoms with E-state index in [9.17, 15) is 20.4 Å². The van der Waals surface area contributed by atoms with Gasteiger partial charge in [-0.05, 0) is 5.56 Å². The second-order valence-electron chi connectivity index (χ2n) is 4.73. The minimum Gasteiger partial charge on any atom is -0.387 e. The van der Waals surface area contributed by atoms with Gasteiger partial charge in [-0.1, -0.05) is 42.5 Å². The van der Waals surface area contributed by atoms with Gasteiger partial charge in [0.25, 0.3) is 0 Å². The van der Waals surface area contributed by atoms with Gasteiger partial charge in [0.05, 0.1) is 13.2 Å². The number of aliphatic hydroxyl groups excluding tert-OH is 3. The number of hydrogen-bond acceptors (Lipinski definition) is 5. The van der Waals surface area contributed by atoms with Crippen molar-refractivity contribution in [1.82, 2.24) is 0 Å². The molecule has 4 atom stereocenters. The Bertz CT molecular complexity index is 433. The van der Waals surface area contributed by atoms with E-state index >= 15 is 0 Å². The molecule has 1 aromatic rings. The van der Waals surface area contributed by atoms with Crippen LogP contribution >= 0.6 is 0 Å². The average Bonchev–Trinajstić information content (AvgIpc) is 2.43. The fraction of sp³-hybridized carbons (Fsp3) is 0.429.